The van der Waals surface area contributed by atoms with E-state index in [-0.39, 0.29) is 29.6 Å². The maximum absolute atomic E-state index is 8.48. The zero-order valence-electron chi connectivity index (χ0n) is 4.83. The van der Waals surface area contributed by atoms with Gasteiger partial charge in [0.2, 0.25) is 0 Å². The molecule has 0 bridgehead atoms. The monoisotopic (exact) mass is 166 g/mol. The summed E-state index contributed by atoms with van der Waals surface area (Å²) < 4.78 is 25.4. The predicted molar refractivity (Wildman–Crippen MR) is 30.6 cm³/mol. The molecule has 0 rings (SSSR count). The summed E-state index contributed by atoms with van der Waals surface area (Å²) in [6.07, 6.45) is 0. The van der Waals surface area contributed by atoms with Gasteiger partial charge in [-0.1, -0.05) is 6.92 Å². The van der Waals surface area contributed by atoms with E-state index in [0.717, 1.165) is 5.75 Å². The van der Waals surface area contributed by atoms with Crippen molar-refractivity contribution in [1.82, 2.24) is 0 Å². The molecule has 8 heavy (non-hydrogen) atoms. The van der Waals surface area contributed by atoms with E-state index in [1.807, 2.05) is 6.92 Å². The molecular formula is C2H7NaO3S2. The van der Waals surface area contributed by atoms with Crippen LogP contribution in [0.5, 0.6) is 0 Å². The van der Waals surface area contributed by atoms with Crippen molar-refractivity contribution in [3.63, 3.8) is 0 Å². The molecule has 0 aliphatic carbocycles. The van der Waals surface area contributed by atoms with E-state index < -0.39 is 11.0 Å². The maximum atomic E-state index is 8.48. The molecule has 0 unspecified atom stereocenters. The molecule has 0 radical (unpaired) electrons. The zero-order chi connectivity index (χ0) is 6.28. The third kappa shape index (κ3) is 179. The molecule has 0 aromatic carbocycles. The first-order valence-corrected chi connectivity index (χ1v) is 3.30. The van der Waals surface area contributed by atoms with Crippen LogP contribution in [0.25, 0.3) is 0 Å². The Labute approximate surface area is 78.3 Å². The van der Waals surface area contributed by atoms with Crippen molar-refractivity contribution in [2.45, 2.75) is 6.92 Å². The van der Waals surface area contributed by atoms with Gasteiger partial charge in [0.1, 0.15) is 0 Å². The van der Waals surface area contributed by atoms with Crippen molar-refractivity contribution in [3.05, 3.63) is 0 Å². The average Bonchev–Trinajstić information content (AvgIpc) is 1.33. The van der Waals surface area contributed by atoms with Crippen LogP contribution < -0.4 is 29.6 Å². The third-order valence-corrected chi connectivity index (χ3v) is 0. The Morgan fingerprint density at radius 1 is 1.62 bits per heavy atom. The summed E-state index contributed by atoms with van der Waals surface area (Å²) in [7, 11) is -3.37. The van der Waals surface area contributed by atoms with Crippen LogP contribution in [0.3, 0.4) is 0 Å². The minimum Gasteiger partial charge on any atom is -0.750 e. The van der Waals surface area contributed by atoms with Crippen LogP contribution in [0, 0.1) is 0 Å². The number of hydrogen-bond donors (Lipinski definition) is 2. The molecule has 0 amide bonds. The topological polar surface area (TPSA) is 57.2 Å². The third-order valence-electron chi connectivity index (χ3n) is 0. The molecule has 3 nitrogen and oxygen atoms in total. The molecule has 0 aliphatic rings. The Morgan fingerprint density at radius 2 is 1.62 bits per heavy atom. The van der Waals surface area contributed by atoms with Crippen molar-refractivity contribution in [3.8, 4) is 0 Å². The fourth-order valence-electron chi connectivity index (χ4n) is 0. The number of rotatable bonds is 0. The Morgan fingerprint density at radius 3 is 1.62 bits per heavy atom. The Hall–Kier alpha value is 1.26. The minimum atomic E-state index is -3.37. The second-order valence-corrected chi connectivity index (χ2v) is 1.62. The summed E-state index contributed by atoms with van der Waals surface area (Å²) in [5, 5.41) is 0. The van der Waals surface area contributed by atoms with Crippen molar-refractivity contribution >= 4 is 23.6 Å². The van der Waals surface area contributed by atoms with Gasteiger partial charge in [-0.2, -0.15) is 12.6 Å². The SMILES string of the molecule is CCS.O=[SH](=O)[O-].[Na+]. The maximum Gasteiger partial charge on any atom is 1.00 e. The second-order valence-electron chi connectivity index (χ2n) is 0.540. The first-order chi connectivity index (χ1) is 3.15. The van der Waals surface area contributed by atoms with Crippen molar-refractivity contribution in [2.75, 3.05) is 5.75 Å². The van der Waals surface area contributed by atoms with Crippen molar-refractivity contribution < 1.29 is 42.5 Å². The molecule has 0 aliphatic heterocycles. The molecule has 0 saturated heterocycles. The molecule has 0 atom stereocenters. The molecule has 0 N–H and O–H groups in total. The zero-order valence-corrected chi connectivity index (χ0v) is 8.62. The van der Waals surface area contributed by atoms with E-state index >= 15 is 0 Å². The molecule has 46 valence electrons. The molecule has 0 aromatic rings. The first kappa shape index (κ1) is 16.1. The van der Waals surface area contributed by atoms with Crippen LogP contribution in [0.4, 0.5) is 0 Å². The Balaban J connectivity index is -0.0000000575. The van der Waals surface area contributed by atoms with Gasteiger partial charge >= 0.3 is 29.6 Å². The van der Waals surface area contributed by atoms with Gasteiger partial charge in [-0.25, -0.2) is 8.42 Å². The summed E-state index contributed by atoms with van der Waals surface area (Å²) in [6, 6.07) is 0. The van der Waals surface area contributed by atoms with Crippen molar-refractivity contribution in [2.24, 2.45) is 0 Å². The van der Waals surface area contributed by atoms with Gasteiger partial charge in [-0.3, -0.25) is 0 Å². The summed E-state index contributed by atoms with van der Waals surface area (Å²) in [5.74, 6) is 0.944. The molecule has 0 heterocycles. The number of thiol groups is 2. The van der Waals surface area contributed by atoms with E-state index in [0.29, 0.717) is 0 Å². The predicted octanol–water partition coefficient (Wildman–Crippen LogP) is -3.33. The van der Waals surface area contributed by atoms with Gasteiger partial charge in [0, 0.05) is 0 Å². The van der Waals surface area contributed by atoms with E-state index in [1.165, 1.54) is 0 Å². The quantitative estimate of drug-likeness (QED) is 0.225. The molecule has 0 aromatic heterocycles. The van der Waals surface area contributed by atoms with Gasteiger partial charge in [0.25, 0.3) is 0 Å². The smallest absolute Gasteiger partial charge is 0.750 e. The Kier molecular flexibility index (Phi) is 31.7. The van der Waals surface area contributed by atoms with Crippen LogP contribution in [0.1, 0.15) is 6.92 Å². The van der Waals surface area contributed by atoms with E-state index in [4.69, 9.17) is 13.0 Å². The summed E-state index contributed by atoms with van der Waals surface area (Å²) >= 11 is 3.79. The van der Waals surface area contributed by atoms with Crippen LogP contribution in [-0.4, -0.2) is 18.7 Å². The van der Waals surface area contributed by atoms with Gasteiger partial charge in [-0.15, -0.1) is 0 Å². The average molecular weight is 166 g/mol. The van der Waals surface area contributed by atoms with Crippen LogP contribution in [0.15, 0.2) is 0 Å². The van der Waals surface area contributed by atoms with E-state index in [9.17, 15) is 0 Å². The Bertz CT molecular complexity index is 73.4. The first-order valence-electron chi connectivity index (χ1n) is 1.57. The standard InChI is InChI=1S/C2H6S.Na.H2O3S/c1-2-3;;1-4(2)3/h3H,2H2,1H3;;4H,(H,1,2,3)/q;+1;/p-1. The van der Waals surface area contributed by atoms with E-state index in [2.05, 4.69) is 12.6 Å². The number of hydrogen-bond acceptors (Lipinski definition) is 4. The van der Waals surface area contributed by atoms with Crippen LogP contribution in [0.2, 0.25) is 0 Å². The van der Waals surface area contributed by atoms with Gasteiger partial charge in [0.15, 0.2) is 0 Å². The van der Waals surface area contributed by atoms with Crippen LogP contribution >= 0.6 is 12.6 Å². The fourth-order valence-corrected chi connectivity index (χ4v) is 0. The molecule has 0 saturated carbocycles. The normalized spacial score (nSPS) is 6.50. The molecule has 6 heteroatoms. The summed E-state index contributed by atoms with van der Waals surface area (Å²) in [4.78, 5) is 0. The fraction of sp³-hybridized carbons (Fsp3) is 1.00. The van der Waals surface area contributed by atoms with Gasteiger partial charge < -0.3 is 4.55 Å². The summed E-state index contributed by atoms with van der Waals surface area (Å²) in [5.41, 5.74) is 0. The minimum absolute atomic E-state index is 0. The van der Waals surface area contributed by atoms with Crippen molar-refractivity contribution in [1.29, 1.82) is 0 Å². The molecule has 0 fully saturated rings. The van der Waals surface area contributed by atoms with E-state index in [1.54, 1.807) is 0 Å². The van der Waals surface area contributed by atoms with Gasteiger partial charge in [0.05, 0.1) is 11.0 Å². The van der Waals surface area contributed by atoms with Crippen LogP contribution in [-0.2, 0) is 11.0 Å². The molecular weight excluding hydrogens is 159 g/mol. The van der Waals surface area contributed by atoms with Gasteiger partial charge in [-0.05, 0) is 5.75 Å². The second kappa shape index (κ2) is 15.7. The summed E-state index contributed by atoms with van der Waals surface area (Å²) in [6.45, 7) is 1.99. The largest absolute Gasteiger partial charge is 1.00 e. The molecule has 0 spiro atoms.